The van der Waals surface area contributed by atoms with E-state index in [1.807, 2.05) is 36.6 Å². The van der Waals surface area contributed by atoms with Gasteiger partial charge in [0.25, 0.3) is 0 Å². The number of aromatic nitrogens is 3. The highest BCUT2D eigenvalue weighted by Gasteiger charge is 2.09. The van der Waals surface area contributed by atoms with E-state index in [0.29, 0.717) is 18.2 Å². The Hall–Kier alpha value is -2.80. The zero-order valence-electron chi connectivity index (χ0n) is 13.1. The lowest BCUT2D eigenvalue weighted by atomic mass is 10.2. The van der Waals surface area contributed by atoms with E-state index in [1.54, 1.807) is 18.5 Å². The van der Waals surface area contributed by atoms with Gasteiger partial charge in [-0.3, -0.25) is 10.1 Å². The van der Waals surface area contributed by atoms with E-state index >= 15 is 0 Å². The van der Waals surface area contributed by atoms with Crippen molar-refractivity contribution in [1.82, 2.24) is 15.0 Å². The summed E-state index contributed by atoms with van der Waals surface area (Å²) in [6, 6.07) is 9.54. The van der Waals surface area contributed by atoms with Crippen LogP contribution in [0.1, 0.15) is 16.3 Å². The number of rotatable bonds is 6. The van der Waals surface area contributed by atoms with Gasteiger partial charge in [-0.2, -0.15) is 0 Å². The van der Waals surface area contributed by atoms with E-state index in [4.69, 9.17) is 4.74 Å². The average Bonchev–Trinajstić information content (AvgIpc) is 3.02. The summed E-state index contributed by atoms with van der Waals surface area (Å²) in [7, 11) is 0. The van der Waals surface area contributed by atoms with Gasteiger partial charge in [0.2, 0.25) is 11.9 Å². The number of nitrogens with zero attached hydrogens (tertiary/aromatic N) is 3. The van der Waals surface area contributed by atoms with Gasteiger partial charge in [0, 0.05) is 17.8 Å². The van der Waals surface area contributed by atoms with Crippen molar-refractivity contribution in [2.24, 2.45) is 0 Å². The third kappa shape index (κ3) is 4.60. The zero-order chi connectivity index (χ0) is 16.8. The van der Waals surface area contributed by atoms with E-state index in [-0.39, 0.29) is 12.3 Å². The molecule has 1 aromatic carbocycles. The Morgan fingerprint density at radius 2 is 1.96 bits per heavy atom. The van der Waals surface area contributed by atoms with Crippen molar-refractivity contribution in [1.29, 1.82) is 0 Å². The molecule has 2 heterocycles. The maximum absolute atomic E-state index is 11.9. The Morgan fingerprint density at radius 3 is 2.71 bits per heavy atom. The van der Waals surface area contributed by atoms with Crippen molar-refractivity contribution in [2.75, 3.05) is 5.32 Å². The van der Waals surface area contributed by atoms with Crippen LogP contribution in [-0.4, -0.2) is 20.9 Å². The highest BCUT2D eigenvalue weighted by atomic mass is 32.1. The molecule has 0 radical (unpaired) electrons. The first-order valence-electron chi connectivity index (χ1n) is 7.38. The predicted octanol–water partition coefficient (Wildman–Crippen LogP) is 3.00. The normalized spacial score (nSPS) is 10.4. The second-order valence-electron chi connectivity index (χ2n) is 5.13. The monoisotopic (exact) mass is 340 g/mol. The Morgan fingerprint density at radius 1 is 1.21 bits per heavy atom. The summed E-state index contributed by atoms with van der Waals surface area (Å²) < 4.78 is 5.69. The summed E-state index contributed by atoms with van der Waals surface area (Å²) in [5.41, 5.74) is 1.89. The molecular weight excluding hydrogens is 324 g/mol. The summed E-state index contributed by atoms with van der Waals surface area (Å²) in [6.45, 7) is 2.42. The van der Waals surface area contributed by atoms with E-state index < -0.39 is 0 Å². The Balaban J connectivity index is 1.51. The molecule has 3 aromatic rings. The third-order valence-electron chi connectivity index (χ3n) is 3.14. The fraction of sp³-hybridized carbons (Fsp3) is 0.176. The number of carbonyl (C=O) groups is 1. The van der Waals surface area contributed by atoms with Crippen LogP contribution in [0.4, 0.5) is 5.95 Å². The Labute approximate surface area is 143 Å². The molecule has 0 bridgehead atoms. The second kappa shape index (κ2) is 7.65. The molecule has 0 fully saturated rings. The molecule has 6 nitrogen and oxygen atoms in total. The third-order valence-corrected chi connectivity index (χ3v) is 4.01. The molecular formula is C17H16N4O2S. The molecule has 122 valence electrons. The Kier molecular flexibility index (Phi) is 5.12. The summed E-state index contributed by atoms with van der Waals surface area (Å²) >= 11 is 1.47. The molecule has 7 heteroatoms. The summed E-state index contributed by atoms with van der Waals surface area (Å²) in [5.74, 6) is 0.898. The lowest BCUT2D eigenvalue weighted by molar-refractivity contribution is -0.115. The minimum atomic E-state index is -0.197. The van der Waals surface area contributed by atoms with Crippen molar-refractivity contribution < 1.29 is 9.53 Å². The molecule has 1 N–H and O–H groups in total. The highest BCUT2D eigenvalue weighted by molar-refractivity contribution is 7.09. The molecule has 24 heavy (non-hydrogen) atoms. The first-order valence-corrected chi connectivity index (χ1v) is 8.26. The number of nitrogens with one attached hydrogen (secondary N) is 1. The van der Waals surface area contributed by atoms with Crippen LogP contribution < -0.4 is 10.1 Å². The first-order chi connectivity index (χ1) is 11.7. The number of thiazole rings is 1. The van der Waals surface area contributed by atoms with Crippen LogP contribution in [0, 0.1) is 6.92 Å². The number of benzene rings is 1. The Bertz CT molecular complexity index is 803. The van der Waals surface area contributed by atoms with Gasteiger partial charge in [0.05, 0.1) is 12.1 Å². The second-order valence-corrected chi connectivity index (χ2v) is 6.07. The SMILES string of the molecule is Cc1ccc(OCc2nc(CC(=O)Nc3ncccn3)cs2)cc1. The van der Waals surface area contributed by atoms with Gasteiger partial charge in [-0.25, -0.2) is 15.0 Å². The number of aryl methyl sites for hydroxylation is 1. The minimum Gasteiger partial charge on any atom is -0.486 e. The molecule has 3 rings (SSSR count). The quantitative estimate of drug-likeness (QED) is 0.746. The topological polar surface area (TPSA) is 77.0 Å². The standard InChI is InChI=1S/C17H16N4O2S/c1-12-3-5-14(6-4-12)23-10-16-20-13(11-24-16)9-15(22)21-17-18-7-2-8-19-17/h2-8,11H,9-10H2,1H3,(H,18,19,21,22). The number of anilines is 1. The number of hydrogen-bond donors (Lipinski definition) is 1. The first kappa shape index (κ1) is 16.1. The molecule has 0 atom stereocenters. The number of amides is 1. The number of hydrogen-bond acceptors (Lipinski definition) is 6. The summed E-state index contributed by atoms with van der Waals surface area (Å²) in [5, 5.41) is 5.32. The molecule has 0 aliphatic heterocycles. The zero-order valence-corrected chi connectivity index (χ0v) is 13.9. The van der Waals surface area contributed by atoms with Crippen molar-refractivity contribution in [3.8, 4) is 5.75 Å². The fourth-order valence-corrected chi connectivity index (χ4v) is 2.68. The van der Waals surface area contributed by atoms with Gasteiger partial charge in [-0.15, -0.1) is 11.3 Å². The maximum atomic E-state index is 11.9. The van der Waals surface area contributed by atoms with Crippen LogP contribution >= 0.6 is 11.3 Å². The molecule has 0 spiro atoms. The van der Waals surface area contributed by atoms with Gasteiger partial charge >= 0.3 is 0 Å². The van der Waals surface area contributed by atoms with E-state index in [2.05, 4.69) is 20.3 Å². The van der Waals surface area contributed by atoms with Crippen molar-refractivity contribution in [3.63, 3.8) is 0 Å². The van der Waals surface area contributed by atoms with Crippen LogP contribution in [0.3, 0.4) is 0 Å². The largest absolute Gasteiger partial charge is 0.486 e. The average molecular weight is 340 g/mol. The minimum absolute atomic E-state index is 0.180. The van der Waals surface area contributed by atoms with Crippen LogP contribution in [0.5, 0.6) is 5.75 Å². The van der Waals surface area contributed by atoms with Gasteiger partial charge in [-0.1, -0.05) is 17.7 Å². The van der Waals surface area contributed by atoms with Crippen molar-refractivity contribution in [3.05, 3.63) is 64.4 Å². The maximum Gasteiger partial charge on any atom is 0.232 e. The lowest BCUT2D eigenvalue weighted by Gasteiger charge is -2.04. The van der Waals surface area contributed by atoms with Crippen molar-refractivity contribution >= 4 is 23.2 Å². The summed E-state index contributed by atoms with van der Waals surface area (Å²) in [6.07, 6.45) is 3.33. The van der Waals surface area contributed by atoms with Gasteiger partial charge in [-0.05, 0) is 25.1 Å². The van der Waals surface area contributed by atoms with Gasteiger partial charge in [0.1, 0.15) is 17.4 Å². The fourth-order valence-electron chi connectivity index (χ4n) is 1.97. The molecule has 0 saturated heterocycles. The van der Waals surface area contributed by atoms with E-state index in [0.717, 1.165) is 10.8 Å². The molecule has 0 aliphatic carbocycles. The highest BCUT2D eigenvalue weighted by Crippen LogP contribution is 2.16. The molecule has 1 amide bonds. The van der Waals surface area contributed by atoms with E-state index in [1.165, 1.54) is 16.9 Å². The molecule has 0 saturated carbocycles. The molecule has 2 aromatic heterocycles. The lowest BCUT2D eigenvalue weighted by Crippen LogP contribution is -2.16. The van der Waals surface area contributed by atoms with Crippen LogP contribution in [-0.2, 0) is 17.8 Å². The van der Waals surface area contributed by atoms with E-state index in [9.17, 15) is 4.79 Å². The molecule has 0 aliphatic rings. The van der Waals surface area contributed by atoms with Crippen molar-refractivity contribution in [2.45, 2.75) is 20.0 Å². The van der Waals surface area contributed by atoms with Crippen LogP contribution in [0.15, 0.2) is 48.1 Å². The van der Waals surface area contributed by atoms with Gasteiger partial charge < -0.3 is 4.74 Å². The van der Waals surface area contributed by atoms with Gasteiger partial charge in [0.15, 0.2) is 0 Å². The van der Waals surface area contributed by atoms with Crippen LogP contribution in [0.25, 0.3) is 0 Å². The number of carbonyl (C=O) groups excluding carboxylic acids is 1. The smallest absolute Gasteiger partial charge is 0.232 e. The predicted molar refractivity (Wildman–Crippen MR) is 92.0 cm³/mol. The van der Waals surface area contributed by atoms with Crippen LogP contribution in [0.2, 0.25) is 0 Å². The molecule has 0 unspecified atom stereocenters. The number of ether oxygens (including phenoxy) is 1. The summed E-state index contributed by atoms with van der Waals surface area (Å²) in [4.78, 5) is 24.3.